The molecule has 156 valence electrons. The van der Waals surface area contributed by atoms with Gasteiger partial charge in [0.15, 0.2) is 0 Å². The predicted molar refractivity (Wildman–Crippen MR) is 110 cm³/mol. The highest BCUT2D eigenvalue weighted by Gasteiger charge is 2.40. The second-order valence-electron chi connectivity index (χ2n) is 7.23. The lowest BCUT2D eigenvalue weighted by atomic mass is 10.1. The van der Waals surface area contributed by atoms with Gasteiger partial charge in [-0.1, -0.05) is 42.8 Å². The molecule has 0 aromatic heterocycles. The monoisotopic (exact) mass is 409 g/mol. The van der Waals surface area contributed by atoms with E-state index in [2.05, 4.69) is 5.32 Å². The van der Waals surface area contributed by atoms with Gasteiger partial charge in [0.25, 0.3) is 17.5 Å². The molecule has 1 atom stereocenters. The summed E-state index contributed by atoms with van der Waals surface area (Å²) in [6, 6.07) is 13.7. The highest BCUT2D eigenvalue weighted by molar-refractivity contribution is 6.23. The minimum absolute atomic E-state index is 0.0530. The van der Waals surface area contributed by atoms with E-state index in [1.807, 2.05) is 37.3 Å². The Balaban J connectivity index is 1.44. The quantitative estimate of drug-likeness (QED) is 0.294. The van der Waals surface area contributed by atoms with Crippen molar-refractivity contribution in [2.45, 2.75) is 38.6 Å². The summed E-state index contributed by atoms with van der Waals surface area (Å²) in [6.07, 6.45) is 2.16. The third-order valence-corrected chi connectivity index (χ3v) is 5.14. The molecule has 2 aromatic rings. The van der Waals surface area contributed by atoms with Crippen molar-refractivity contribution in [3.05, 3.63) is 75.3 Å². The van der Waals surface area contributed by atoms with Crippen molar-refractivity contribution in [3.8, 4) is 0 Å². The van der Waals surface area contributed by atoms with Crippen LogP contribution < -0.4 is 5.32 Å². The molecule has 1 heterocycles. The molecule has 0 saturated carbocycles. The van der Waals surface area contributed by atoms with Gasteiger partial charge in [0.2, 0.25) is 5.91 Å². The van der Waals surface area contributed by atoms with E-state index in [0.717, 1.165) is 10.5 Å². The molecule has 8 nitrogen and oxygen atoms in total. The van der Waals surface area contributed by atoms with Crippen LogP contribution in [-0.4, -0.2) is 34.1 Å². The minimum Gasteiger partial charge on any atom is -0.350 e. The van der Waals surface area contributed by atoms with Crippen molar-refractivity contribution in [2.75, 3.05) is 6.54 Å². The number of nitrogens with zero attached hydrogens (tertiary/aromatic N) is 2. The van der Waals surface area contributed by atoms with Crippen molar-refractivity contribution in [1.29, 1.82) is 0 Å². The molecular weight excluding hydrogens is 386 g/mol. The number of nitro benzene ring substituents is 1. The number of nitrogens with one attached hydrogen (secondary N) is 1. The summed E-state index contributed by atoms with van der Waals surface area (Å²) >= 11 is 0. The lowest BCUT2D eigenvalue weighted by Crippen LogP contribution is -2.31. The van der Waals surface area contributed by atoms with Gasteiger partial charge in [0.1, 0.15) is 5.56 Å². The Bertz CT molecular complexity index is 974. The Morgan fingerprint density at radius 1 is 1.03 bits per heavy atom. The normalized spacial score (nSPS) is 13.8. The van der Waals surface area contributed by atoms with E-state index in [4.69, 9.17) is 0 Å². The highest BCUT2D eigenvalue weighted by atomic mass is 16.6. The van der Waals surface area contributed by atoms with Crippen LogP contribution in [0.4, 0.5) is 5.69 Å². The second kappa shape index (κ2) is 9.30. The lowest BCUT2D eigenvalue weighted by molar-refractivity contribution is -0.385. The summed E-state index contributed by atoms with van der Waals surface area (Å²) in [6.45, 7) is 2.10. The van der Waals surface area contributed by atoms with Gasteiger partial charge < -0.3 is 5.32 Å². The van der Waals surface area contributed by atoms with Gasteiger partial charge in [-0.15, -0.1) is 0 Å². The molecule has 2 aromatic carbocycles. The van der Waals surface area contributed by atoms with E-state index >= 15 is 0 Å². The van der Waals surface area contributed by atoms with Crippen LogP contribution in [0.1, 0.15) is 64.9 Å². The van der Waals surface area contributed by atoms with Gasteiger partial charge in [-0.05, 0) is 31.4 Å². The highest BCUT2D eigenvalue weighted by Crippen LogP contribution is 2.30. The van der Waals surface area contributed by atoms with E-state index in [9.17, 15) is 24.5 Å². The molecule has 0 bridgehead atoms. The Kier molecular flexibility index (Phi) is 6.56. The van der Waals surface area contributed by atoms with Gasteiger partial charge in [-0.3, -0.25) is 29.4 Å². The van der Waals surface area contributed by atoms with Crippen molar-refractivity contribution < 1.29 is 19.3 Å². The standard InChI is InChI=1S/C22H23N3O5/c1-15(16-9-4-2-5-10-16)23-19(26)13-6-3-7-14-24-21(27)17-11-8-12-18(25(29)30)20(17)22(24)28/h2,4-5,8-12,15H,3,6-7,13-14H2,1H3,(H,23,26). The van der Waals surface area contributed by atoms with E-state index in [1.54, 1.807) is 0 Å². The van der Waals surface area contributed by atoms with Crippen LogP contribution in [0.2, 0.25) is 0 Å². The second-order valence-corrected chi connectivity index (χ2v) is 7.23. The van der Waals surface area contributed by atoms with Gasteiger partial charge in [0, 0.05) is 19.0 Å². The first-order valence-corrected chi connectivity index (χ1v) is 9.88. The zero-order chi connectivity index (χ0) is 21.7. The molecule has 1 aliphatic rings. The number of rotatable bonds is 9. The van der Waals surface area contributed by atoms with Crippen LogP contribution in [0.15, 0.2) is 48.5 Å². The molecule has 0 aliphatic carbocycles. The number of carbonyl (C=O) groups is 3. The number of benzene rings is 2. The van der Waals surface area contributed by atoms with Gasteiger partial charge in [-0.25, -0.2) is 0 Å². The van der Waals surface area contributed by atoms with E-state index in [1.165, 1.54) is 18.2 Å². The minimum atomic E-state index is -0.650. The van der Waals surface area contributed by atoms with Crippen LogP contribution in [0.25, 0.3) is 0 Å². The molecule has 0 radical (unpaired) electrons. The Hall–Kier alpha value is -3.55. The Morgan fingerprint density at radius 3 is 2.47 bits per heavy atom. The number of hydrogen-bond donors (Lipinski definition) is 1. The molecule has 8 heteroatoms. The number of amides is 3. The fraction of sp³-hybridized carbons (Fsp3) is 0.318. The first kappa shape index (κ1) is 21.2. The molecule has 0 saturated heterocycles. The molecule has 0 spiro atoms. The van der Waals surface area contributed by atoms with Crippen LogP contribution in [-0.2, 0) is 4.79 Å². The summed E-state index contributed by atoms with van der Waals surface area (Å²) in [5.74, 6) is -1.19. The van der Waals surface area contributed by atoms with Crippen molar-refractivity contribution in [2.24, 2.45) is 0 Å². The summed E-state index contributed by atoms with van der Waals surface area (Å²) in [4.78, 5) is 48.6. The molecule has 1 unspecified atom stereocenters. The summed E-state index contributed by atoms with van der Waals surface area (Å²) in [5.41, 5.74) is 0.619. The third-order valence-electron chi connectivity index (χ3n) is 5.14. The number of fused-ring (bicyclic) bond motifs is 1. The van der Waals surface area contributed by atoms with Crippen LogP contribution in [0, 0.1) is 10.1 Å². The van der Waals surface area contributed by atoms with Gasteiger partial charge in [0.05, 0.1) is 16.5 Å². The molecular formula is C22H23N3O5. The molecule has 1 aliphatic heterocycles. The fourth-order valence-corrected chi connectivity index (χ4v) is 3.54. The van der Waals surface area contributed by atoms with Crippen LogP contribution >= 0.6 is 0 Å². The third kappa shape index (κ3) is 4.53. The van der Waals surface area contributed by atoms with Gasteiger partial charge in [-0.2, -0.15) is 0 Å². The fourth-order valence-electron chi connectivity index (χ4n) is 3.54. The lowest BCUT2D eigenvalue weighted by Gasteiger charge is -2.15. The van der Waals surface area contributed by atoms with E-state index in [-0.39, 0.29) is 35.3 Å². The van der Waals surface area contributed by atoms with Crippen LogP contribution in [0.3, 0.4) is 0 Å². The van der Waals surface area contributed by atoms with Gasteiger partial charge >= 0.3 is 0 Å². The predicted octanol–water partition coefficient (Wildman–Crippen LogP) is 3.63. The average Bonchev–Trinajstić information content (AvgIpc) is 2.98. The zero-order valence-electron chi connectivity index (χ0n) is 16.7. The average molecular weight is 409 g/mol. The molecule has 30 heavy (non-hydrogen) atoms. The molecule has 0 fully saturated rings. The first-order valence-electron chi connectivity index (χ1n) is 9.88. The SMILES string of the molecule is CC(NC(=O)CCCCCN1C(=O)c2cccc([N+](=O)[O-])c2C1=O)c1ccccc1. The maximum atomic E-state index is 12.5. The maximum Gasteiger partial charge on any atom is 0.282 e. The molecule has 3 rings (SSSR count). The smallest absolute Gasteiger partial charge is 0.282 e. The Morgan fingerprint density at radius 2 is 1.77 bits per heavy atom. The van der Waals surface area contributed by atoms with E-state index < -0.39 is 16.7 Å². The van der Waals surface area contributed by atoms with Crippen molar-refractivity contribution in [3.63, 3.8) is 0 Å². The number of unbranched alkanes of at least 4 members (excludes halogenated alkanes) is 2. The van der Waals surface area contributed by atoms with Crippen molar-refractivity contribution >= 4 is 23.4 Å². The molecule has 1 N–H and O–H groups in total. The number of nitro groups is 1. The van der Waals surface area contributed by atoms with Crippen LogP contribution in [0.5, 0.6) is 0 Å². The van der Waals surface area contributed by atoms with E-state index in [0.29, 0.717) is 25.7 Å². The zero-order valence-corrected chi connectivity index (χ0v) is 16.7. The number of imide groups is 1. The number of carbonyl (C=O) groups excluding carboxylic acids is 3. The topological polar surface area (TPSA) is 110 Å². The summed E-state index contributed by atoms with van der Waals surface area (Å²) in [5, 5.41) is 14.1. The summed E-state index contributed by atoms with van der Waals surface area (Å²) < 4.78 is 0. The molecule has 3 amide bonds. The summed E-state index contributed by atoms with van der Waals surface area (Å²) in [7, 11) is 0. The Labute approximate surface area is 174 Å². The first-order chi connectivity index (χ1) is 14.4. The largest absolute Gasteiger partial charge is 0.350 e. The maximum absolute atomic E-state index is 12.5. The van der Waals surface area contributed by atoms with Crippen molar-refractivity contribution in [1.82, 2.24) is 10.2 Å². The number of hydrogen-bond acceptors (Lipinski definition) is 5.